The molecular weight excluding hydrogens is 316 g/mol. The third-order valence-electron chi connectivity index (χ3n) is 3.70. The molecule has 1 aromatic carbocycles. The minimum absolute atomic E-state index is 0.00708. The molecule has 0 unspecified atom stereocenters. The van der Waals surface area contributed by atoms with Crippen molar-refractivity contribution in [3.63, 3.8) is 0 Å². The van der Waals surface area contributed by atoms with Gasteiger partial charge in [0, 0.05) is 18.7 Å². The number of hydrogen-bond donors (Lipinski definition) is 2. The van der Waals surface area contributed by atoms with Crippen molar-refractivity contribution in [1.82, 2.24) is 10.2 Å². The van der Waals surface area contributed by atoms with E-state index < -0.39 is 0 Å². The van der Waals surface area contributed by atoms with Crippen molar-refractivity contribution in [2.75, 3.05) is 30.4 Å². The molecular formula is C15H18N4O3S. The highest BCUT2D eigenvalue weighted by Crippen LogP contribution is 2.29. The Hall–Kier alpha value is -2.35. The summed E-state index contributed by atoms with van der Waals surface area (Å²) in [5.74, 6) is -0.0686. The summed E-state index contributed by atoms with van der Waals surface area (Å²) in [6.45, 7) is 1.97. The van der Waals surface area contributed by atoms with Crippen molar-refractivity contribution in [3.8, 4) is 11.5 Å². The number of anilines is 2. The lowest BCUT2D eigenvalue weighted by Crippen LogP contribution is -2.29. The van der Waals surface area contributed by atoms with Crippen LogP contribution in [0, 0.1) is 0 Å². The fraction of sp³-hybridized carbons (Fsp3) is 0.400. The molecule has 1 aromatic heterocycles. The Morgan fingerprint density at radius 2 is 2.09 bits per heavy atom. The monoisotopic (exact) mass is 334 g/mol. The van der Waals surface area contributed by atoms with Crippen molar-refractivity contribution in [2.45, 2.75) is 19.3 Å². The standard InChI is InChI=1S/C15H18N4O3S/c1-22-12-9-10(5-6-11(12)20)13(21)16-14-17-18-15(23-14)19-7-3-2-4-8-19/h5-6,9,20H,2-4,7-8H2,1H3,(H,16,17,21). The van der Waals surface area contributed by atoms with Crippen LogP contribution in [0.3, 0.4) is 0 Å². The number of aromatic hydroxyl groups is 1. The van der Waals surface area contributed by atoms with E-state index in [2.05, 4.69) is 20.4 Å². The van der Waals surface area contributed by atoms with Gasteiger partial charge >= 0.3 is 0 Å². The first-order valence-electron chi connectivity index (χ1n) is 7.44. The fourth-order valence-electron chi connectivity index (χ4n) is 2.47. The number of hydrogen-bond acceptors (Lipinski definition) is 7. The number of nitrogens with one attached hydrogen (secondary N) is 1. The molecule has 1 fully saturated rings. The molecule has 1 saturated heterocycles. The number of aromatic nitrogens is 2. The molecule has 1 amide bonds. The summed E-state index contributed by atoms with van der Waals surface area (Å²) in [5.41, 5.74) is 0.384. The number of amides is 1. The van der Waals surface area contributed by atoms with E-state index in [9.17, 15) is 9.90 Å². The lowest BCUT2D eigenvalue weighted by atomic mass is 10.1. The summed E-state index contributed by atoms with van der Waals surface area (Å²) in [6, 6.07) is 4.43. The fourth-order valence-corrected chi connectivity index (χ4v) is 3.26. The Bertz CT molecular complexity index is 698. The van der Waals surface area contributed by atoms with Gasteiger partial charge in [0.15, 0.2) is 11.5 Å². The second kappa shape index (κ2) is 6.82. The summed E-state index contributed by atoms with van der Waals surface area (Å²) < 4.78 is 5.01. The molecule has 0 atom stereocenters. The van der Waals surface area contributed by atoms with Gasteiger partial charge in [-0.25, -0.2) is 0 Å². The second-order valence-corrected chi connectivity index (χ2v) is 6.23. The molecule has 0 spiro atoms. The number of phenolic OH excluding ortho intramolecular Hbond substituents is 1. The van der Waals surface area contributed by atoms with Crippen LogP contribution in [0.4, 0.5) is 10.3 Å². The van der Waals surface area contributed by atoms with Crippen molar-refractivity contribution < 1.29 is 14.6 Å². The van der Waals surface area contributed by atoms with E-state index in [-0.39, 0.29) is 17.4 Å². The van der Waals surface area contributed by atoms with Crippen LogP contribution in [-0.2, 0) is 0 Å². The smallest absolute Gasteiger partial charge is 0.257 e. The molecule has 2 heterocycles. The second-order valence-electron chi connectivity index (χ2n) is 5.28. The number of benzene rings is 1. The van der Waals surface area contributed by atoms with Crippen molar-refractivity contribution in [1.29, 1.82) is 0 Å². The first-order valence-corrected chi connectivity index (χ1v) is 8.26. The normalized spacial score (nSPS) is 14.6. The molecule has 1 aliphatic heterocycles. The summed E-state index contributed by atoms with van der Waals surface area (Å²) in [5, 5.41) is 21.8. The first kappa shape index (κ1) is 15.5. The summed E-state index contributed by atoms with van der Waals surface area (Å²) in [4.78, 5) is 14.5. The molecule has 3 rings (SSSR count). The van der Waals surface area contributed by atoms with Crippen LogP contribution < -0.4 is 15.0 Å². The van der Waals surface area contributed by atoms with Crippen LogP contribution in [0.1, 0.15) is 29.6 Å². The molecule has 1 aliphatic rings. The highest BCUT2D eigenvalue weighted by Gasteiger charge is 2.17. The predicted molar refractivity (Wildman–Crippen MR) is 88.6 cm³/mol. The zero-order valence-corrected chi connectivity index (χ0v) is 13.6. The number of carbonyl (C=O) groups excluding carboxylic acids is 1. The van der Waals surface area contributed by atoms with Gasteiger partial charge in [-0.3, -0.25) is 10.1 Å². The number of piperidine rings is 1. The first-order chi connectivity index (χ1) is 11.2. The third kappa shape index (κ3) is 3.53. The van der Waals surface area contributed by atoms with E-state index in [0.29, 0.717) is 10.7 Å². The van der Waals surface area contributed by atoms with E-state index in [4.69, 9.17) is 4.74 Å². The molecule has 7 nitrogen and oxygen atoms in total. The number of methoxy groups -OCH3 is 1. The Balaban J connectivity index is 1.69. The quantitative estimate of drug-likeness (QED) is 0.893. The maximum Gasteiger partial charge on any atom is 0.257 e. The maximum atomic E-state index is 12.3. The average Bonchev–Trinajstić information content (AvgIpc) is 3.04. The average molecular weight is 334 g/mol. The van der Waals surface area contributed by atoms with Gasteiger partial charge in [0.1, 0.15) is 0 Å². The minimum atomic E-state index is -0.315. The van der Waals surface area contributed by atoms with Crippen molar-refractivity contribution >= 4 is 27.5 Å². The minimum Gasteiger partial charge on any atom is -0.504 e. The number of carbonyl (C=O) groups is 1. The van der Waals surface area contributed by atoms with Crippen LogP contribution in [0.5, 0.6) is 11.5 Å². The van der Waals surface area contributed by atoms with Gasteiger partial charge in [-0.15, -0.1) is 10.2 Å². The zero-order valence-electron chi connectivity index (χ0n) is 12.8. The summed E-state index contributed by atoms with van der Waals surface area (Å²) in [7, 11) is 1.44. The zero-order chi connectivity index (χ0) is 16.2. The Kier molecular flexibility index (Phi) is 4.61. The van der Waals surface area contributed by atoms with E-state index in [1.807, 2.05) is 0 Å². The predicted octanol–water partition coefficient (Wildman–Crippen LogP) is 2.49. The van der Waals surface area contributed by atoms with Crippen LogP contribution in [0.25, 0.3) is 0 Å². The number of phenols is 1. The van der Waals surface area contributed by atoms with E-state index in [1.54, 1.807) is 0 Å². The number of ether oxygens (including phenoxy) is 1. The van der Waals surface area contributed by atoms with Crippen LogP contribution in [-0.4, -0.2) is 41.4 Å². The molecule has 0 aliphatic carbocycles. The van der Waals surface area contributed by atoms with Gasteiger partial charge < -0.3 is 14.7 Å². The topological polar surface area (TPSA) is 87.6 Å². The van der Waals surface area contributed by atoms with Gasteiger partial charge in [-0.1, -0.05) is 11.3 Å². The van der Waals surface area contributed by atoms with E-state index in [0.717, 1.165) is 31.1 Å². The highest BCUT2D eigenvalue weighted by molar-refractivity contribution is 7.19. The van der Waals surface area contributed by atoms with E-state index in [1.165, 1.54) is 43.1 Å². The highest BCUT2D eigenvalue weighted by atomic mass is 32.1. The van der Waals surface area contributed by atoms with Gasteiger partial charge in [0.2, 0.25) is 10.3 Å². The molecule has 122 valence electrons. The largest absolute Gasteiger partial charge is 0.504 e. The molecule has 0 saturated carbocycles. The van der Waals surface area contributed by atoms with Crippen LogP contribution in [0.15, 0.2) is 18.2 Å². The Labute approximate surface area is 137 Å². The molecule has 0 bridgehead atoms. The lowest BCUT2D eigenvalue weighted by molar-refractivity contribution is 0.102. The molecule has 2 N–H and O–H groups in total. The SMILES string of the molecule is COc1cc(C(=O)Nc2nnc(N3CCCCC3)s2)ccc1O. The molecule has 2 aromatic rings. The van der Waals surface area contributed by atoms with Gasteiger partial charge in [-0.2, -0.15) is 0 Å². The van der Waals surface area contributed by atoms with Gasteiger partial charge in [-0.05, 0) is 37.5 Å². The molecule has 0 radical (unpaired) electrons. The Morgan fingerprint density at radius 3 is 2.83 bits per heavy atom. The van der Waals surface area contributed by atoms with E-state index >= 15 is 0 Å². The van der Waals surface area contributed by atoms with Crippen LogP contribution in [0.2, 0.25) is 0 Å². The van der Waals surface area contributed by atoms with Crippen molar-refractivity contribution in [3.05, 3.63) is 23.8 Å². The van der Waals surface area contributed by atoms with Crippen LogP contribution >= 0.6 is 11.3 Å². The number of rotatable bonds is 4. The summed E-state index contributed by atoms with van der Waals surface area (Å²) in [6.07, 6.45) is 3.57. The van der Waals surface area contributed by atoms with Gasteiger partial charge in [0.05, 0.1) is 7.11 Å². The Morgan fingerprint density at radius 1 is 1.30 bits per heavy atom. The van der Waals surface area contributed by atoms with Crippen molar-refractivity contribution in [2.24, 2.45) is 0 Å². The summed E-state index contributed by atoms with van der Waals surface area (Å²) >= 11 is 1.37. The third-order valence-corrected chi connectivity index (χ3v) is 4.60. The maximum absolute atomic E-state index is 12.3. The number of nitrogens with zero attached hydrogens (tertiary/aromatic N) is 3. The van der Waals surface area contributed by atoms with Gasteiger partial charge in [0.25, 0.3) is 5.91 Å². The molecule has 8 heteroatoms. The molecule has 23 heavy (non-hydrogen) atoms. The lowest BCUT2D eigenvalue weighted by Gasteiger charge is -2.25.